The van der Waals surface area contributed by atoms with E-state index in [9.17, 15) is 0 Å². The Hall–Kier alpha value is -2.96. The Balaban J connectivity index is 1.82. The fourth-order valence-electron chi connectivity index (χ4n) is 2.35. The molecule has 0 unspecified atom stereocenters. The van der Waals surface area contributed by atoms with Crippen molar-refractivity contribution in [2.24, 2.45) is 0 Å². The van der Waals surface area contributed by atoms with Crippen LogP contribution < -0.4 is 20.7 Å². The summed E-state index contributed by atoms with van der Waals surface area (Å²) in [6.45, 7) is 0.675. The highest BCUT2D eigenvalue weighted by atomic mass is 16.5. The van der Waals surface area contributed by atoms with E-state index in [1.807, 2.05) is 26.2 Å². The molecule has 23 heavy (non-hydrogen) atoms. The van der Waals surface area contributed by atoms with E-state index in [2.05, 4.69) is 44.6 Å². The van der Waals surface area contributed by atoms with Gasteiger partial charge in [-0.1, -0.05) is 12.1 Å². The predicted molar refractivity (Wildman–Crippen MR) is 92.0 cm³/mol. The summed E-state index contributed by atoms with van der Waals surface area (Å²) in [5.41, 5.74) is 8.64. The minimum atomic E-state index is 0.216. The van der Waals surface area contributed by atoms with Gasteiger partial charge in [0, 0.05) is 26.3 Å². The molecular formula is C16H20N6O. The van der Waals surface area contributed by atoms with Gasteiger partial charge in [0.2, 0.25) is 11.6 Å². The average molecular weight is 312 g/mol. The van der Waals surface area contributed by atoms with E-state index in [1.165, 1.54) is 11.3 Å². The molecule has 2 heterocycles. The molecule has 0 fully saturated rings. The van der Waals surface area contributed by atoms with Gasteiger partial charge in [0.25, 0.3) is 0 Å². The summed E-state index contributed by atoms with van der Waals surface area (Å²) < 4.78 is 6.94. The van der Waals surface area contributed by atoms with Crippen LogP contribution in [0.25, 0.3) is 5.65 Å². The fraction of sp³-hybridized carbons (Fsp3) is 0.250. The van der Waals surface area contributed by atoms with Crippen LogP contribution in [0.15, 0.2) is 36.4 Å². The van der Waals surface area contributed by atoms with E-state index in [0.29, 0.717) is 17.9 Å². The zero-order valence-electron chi connectivity index (χ0n) is 13.4. The predicted octanol–water partition coefficient (Wildman–Crippen LogP) is 2.00. The Labute approximate surface area is 134 Å². The van der Waals surface area contributed by atoms with Gasteiger partial charge in [-0.3, -0.25) is 0 Å². The van der Waals surface area contributed by atoms with Crippen molar-refractivity contribution >= 4 is 23.1 Å². The van der Waals surface area contributed by atoms with Gasteiger partial charge in [-0.15, -0.1) is 5.10 Å². The first-order valence-electron chi connectivity index (χ1n) is 7.28. The van der Waals surface area contributed by atoms with E-state index in [0.717, 1.165) is 5.82 Å². The summed E-state index contributed by atoms with van der Waals surface area (Å²) in [4.78, 5) is 6.26. The van der Waals surface area contributed by atoms with E-state index in [-0.39, 0.29) is 5.95 Å². The lowest BCUT2D eigenvalue weighted by atomic mass is 10.2. The Morgan fingerprint density at radius 3 is 2.57 bits per heavy atom. The third-order valence-electron chi connectivity index (χ3n) is 3.61. The van der Waals surface area contributed by atoms with Crippen LogP contribution in [0.5, 0.6) is 5.75 Å². The molecule has 0 spiro atoms. The molecule has 0 saturated heterocycles. The maximum atomic E-state index is 5.70. The van der Waals surface area contributed by atoms with Crippen molar-refractivity contribution in [3.63, 3.8) is 0 Å². The fourth-order valence-corrected chi connectivity index (χ4v) is 2.35. The van der Waals surface area contributed by atoms with Crippen LogP contribution in [0, 0.1) is 0 Å². The van der Waals surface area contributed by atoms with Crippen LogP contribution >= 0.6 is 0 Å². The third kappa shape index (κ3) is 2.98. The normalized spacial score (nSPS) is 10.7. The Kier molecular flexibility index (Phi) is 3.92. The molecule has 1 aromatic carbocycles. The van der Waals surface area contributed by atoms with Crippen molar-refractivity contribution in [3.8, 4) is 5.75 Å². The maximum Gasteiger partial charge on any atom is 0.240 e. The van der Waals surface area contributed by atoms with Crippen molar-refractivity contribution in [2.45, 2.75) is 6.54 Å². The van der Waals surface area contributed by atoms with Crippen LogP contribution in [-0.2, 0) is 6.54 Å². The molecule has 0 saturated carbocycles. The molecule has 3 rings (SSSR count). The minimum absolute atomic E-state index is 0.216. The number of nitrogens with zero attached hydrogens (tertiary/aromatic N) is 4. The van der Waals surface area contributed by atoms with Crippen molar-refractivity contribution in [1.82, 2.24) is 14.6 Å². The summed E-state index contributed by atoms with van der Waals surface area (Å²) >= 11 is 0. The first-order chi connectivity index (χ1) is 11.1. The molecule has 0 aliphatic rings. The summed E-state index contributed by atoms with van der Waals surface area (Å²) in [7, 11) is 5.65. The van der Waals surface area contributed by atoms with E-state index in [1.54, 1.807) is 11.6 Å². The highest BCUT2D eigenvalue weighted by Gasteiger charge is 2.10. The molecule has 0 aliphatic carbocycles. The van der Waals surface area contributed by atoms with Gasteiger partial charge >= 0.3 is 0 Å². The molecule has 7 heteroatoms. The van der Waals surface area contributed by atoms with Gasteiger partial charge in [0.1, 0.15) is 5.82 Å². The number of pyridine rings is 1. The molecule has 2 aromatic heterocycles. The van der Waals surface area contributed by atoms with Gasteiger partial charge in [-0.05, 0) is 29.8 Å². The first-order valence-corrected chi connectivity index (χ1v) is 7.28. The van der Waals surface area contributed by atoms with Crippen LogP contribution in [-0.4, -0.2) is 35.8 Å². The number of rotatable bonds is 5. The van der Waals surface area contributed by atoms with Crippen molar-refractivity contribution in [1.29, 1.82) is 0 Å². The van der Waals surface area contributed by atoms with Crippen LogP contribution in [0.2, 0.25) is 0 Å². The molecule has 7 nitrogen and oxygen atoms in total. The lowest BCUT2D eigenvalue weighted by Gasteiger charge is -2.13. The number of hydrogen-bond donors (Lipinski definition) is 2. The standard InChI is InChI=1S/C16H20N6O/c1-21(2)12-6-4-11(5-7-12)10-18-14-9-8-13(23-3)15-19-16(17)20-22(14)15/h4-9,18H,10H2,1-3H3,(H2,17,20). The number of fused-ring (bicyclic) bond motifs is 1. The van der Waals surface area contributed by atoms with Gasteiger partial charge in [0.05, 0.1) is 7.11 Å². The minimum Gasteiger partial charge on any atom is -0.493 e. The molecule has 0 amide bonds. The van der Waals surface area contributed by atoms with Gasteiger partial charge in [-0.25, -0.2) is 0 Å². The molecule has 0 bridgehead atoms. The van der Waals surface area contributed by atoms with E-state index >= 15 is 0 Å². The summed E-state index contributed by atoms with van der Waals surface area (Å²) in [6.07, 6.45) is 0. The van der Waals surface area contributed by atoms with Gasteiger partial charge < -0.3 is 20.7 Å². The SMILES string of the molecule is COc1ccc(NCc2ccc(N(C)C)cc2)n2nc(N)nc12. The lowest BCUT2D eigenvalue weighted by molar-refractivity contribution is 0.416. The number of nitrogens with one attached hydrogen (secondary N) is 1. The Bertz CT molecular complexity index is 809. The second-order valence-corrected chi connectivity index (χ2v) is 5.41. The molecule has 0 radical (unpaired) electrons. The number of methoxy groups -OCH3 is 1. The number of nitrogens with two attached hydrogens (primary N) is 1. The number of aromatic nitrogens is 3. The summed E-state index contributed by atoms with van der Waals surface area (Å²) in [5, 5.41) is 7.56. The van der Waals surface area contributed by atoms with Crippen molar-refractivity contribution < 1.29 is 4.74 Å². The smallest absolute Gasteiger partial charge is 0.240 e. The summed E-state index contributed by atoms with van der Waals surface area (Å²) in [6, 6.07) is 12.1. The molecule has 3 aromatic rings. The zero-order chi connectivity index (χ0) is 16.4. The van der Waals surface area contributed by atoms with Crippen molar-refractivity contribution in [2.75, 3.05) is 37.2 Å². The van der Waals surface area contributed by atoms with Gasteiger partial charge in [-0.2, -0.15) is 9.50 Å². The zero-order valence-corrected chi connectivity index (χ0v) is 13.4. The number of anilines is 3. The number of nitrogen functional groups attached to an aromatic ring is 1. The highest BCUT2D eigenvalue weighted by Crippen LogP contribution is 2.23. The molecule has 0 aliphatic heterocycles. The second-order valence-electron chi connectivity index (χ2n) is 5.41. The molecule has 0 atom stereocenters. The first kappa shape index (κ1) is 15.0. The molecule has 3 N–H and O–H groups in total. The van der Waals surface area contributed by atoms with E-state index < -0.39 is 0 Å². The molecule has 120 valence electrons. The maximum absolute atomic E-state index is 5.70. The third-order valence-corrected chi connectivity index (χ3v) is 3.61. The van der Waals surface area contributed by atoms with E-state index in [4.69, 9.17) is 10.5 Å². The van der Waals surface area contributed by atoms with Gasteiger partial charge in [0.15, 0.2) is 5.75 Å². The monoisotopic (exact) mass is 312 g/mol. The number of hydrogen-bond acceptors (Lipinski definition) is 6. The highest BCUT2D eigenvalue weighted by molar-refractivity contribution is 5.61. The average Bonchev–Trinajstić information content (AvgIpc) is 2.94. The number of benzene rings is 1. The number of ether oxygens (including phenoxy) is 1. The second kappa shape index (κ2) is 6.04. The van der Waals surface area contributed by atoms with Crippen LogP contribution in [0.4, 0.5) is 17.5 Å². The topological polar surface area (TPSA) is 80.7 Å². The Morgan fingerprint density at radius 1 is 1.17 bits per heavy atom. The lowest BCUT2D eigenvalue weighted by Crippen LogP contribution is -2.09. The molecular weight excluding hydrogens is 292 g/mol. The Morgan fingerprint density at radius 2 is 1.91 bits per heavy atom. The van der Waals surface area contributed by atoms with Crippen molar-refractivity contribution in [3.05, 3.63) is 42.0 Å². The summed E-state index contributed by atoms with van der Waals surface area (Å²) in [5.74, 6) is 1.66. The van der Waals surface area contributed by atoms with Crippen LogP contribution in [0.3, 0.4) is 0 Å². The van der Waals surface area contributed by atoms with Crippen LogP contribution in [0.1, 0.15) is 5.56 Å². The quantitative estimate of drug-likeness (QED) is 0.750. The largest absolute Gasteiger partial charge is 0.493 e.